The number of hydrogen-bond donors (Lipinski definition) is 1. The van der Waals surface area contributed by atoms with E-state index in [2.05, 4.69) is 4.18 Å². The van der Waals surface area contributed by atoms with Crippen molar-refractivity contribution >= 4 is 11.0 Å². The maximum Gasteiger partial charge on any atom is 0.257 e. The summed E-state index contributed by atoms with van der Waals surface area (Å²) in [4.78, 5) is 0. The summed E-state index contributed by atoms with van der Waals surface area (Å²) >= 11 is 0. The summed E-state index contributed by atoms with van der Waals surface area (Å²) in [6.45, 7) is 2.15. The highest BCUT2D eigenvalue weighted by Gasteiger charge is 1.79. The van der Waals surface area contributed by atoms with Gasteiger partial charge in [0.05, 0.1) is 6.61 Å². The van der Waals surface area contributed by atoms with Gasteiger partial charge >= 0.3 is 0 Å². The number of rotatable bonds is 3. The van der Waals surface area contributed by atoms with Gasteiger partial charge in [-0.05, 0) is 6.42 Å². The fraction of sp³-hybridized carbons (Fsp3) is 1.00. The molecule has 8 heavy (non-hydrogen) atoms. The highest BCUT2D eigenvalue weighted by atomic mass is 32.2. The molecule has 0 saturated heterocycles. The van der Waals surface area contributed by atoms with Gasteiger partial charge in [-0.2, -0.15) is 0 Å². The summed E-state index contributed by atoms with van der Waals surface area (Å²) in [5.41, 5.74) is 0. The predicted octanol–water partition coefficient (Wildman–Crippen LogP) is -0.885. The molecule has 0 bridgehead atoms. The van der Waals surface area contributed by atoms with E-state index < -0.39 is 11.0 Å². The van der Waals surface area contributed by atoms with Gasteiger partial charge in [0.1, 0.15) is 0 Å². The Kier molecular flexibility index (Phi) is 9.26. The molecule has 0 fully saturated rings. The van der Waals surface area contributed by atoms with Crippen LogP contribution in [0.25, 0.3) is 0 Å². The topological polar surface area (TPSA) is 74.9 Å². The molecular weight excluding hydrogens is 132 g/mol. The van der Waals surface area contributed by atoms with Crippen LogP contribution in [0.1, 0.15) is 13.3 Å². The molecule has 0 unspecified atom stereocenters. The SMILES string of the molecule is CCCO[SH](=O)=O.O. The van der Waals surface area contributed by atoms with Crippen LogP contribution in [0.3, 0.4) is 0 Å². The molecule has 0 aromatic carbocycles. The van der Waals surface area contributed by atoms with Gasteiger partial charge in [0.15, 0.2) is 0 Å². The molecule has 0 heterocycles. The largest absolute Gasteiger partial charge is 0.412 e. The second-order valence-electron chi connectivity index (χ2n) is 1.06. The molecule has 0 saturated carbocycles. The van der Waals surface area contributed by atoms with Gasteiger partial charge in [0.2, 0.25) is 0 Å². The lowest BCUT2D eigenvalue weighted by Crippen LogP contribution is -1.87. The van der Waals surface area contributed by atoms with Crippen LogP contribution >= 0.6 is 0 Å². The summed E-state index contributed by atoms with van der Waals surface area (Å²) in [6.07, 6.45) is 0.739. The quantitative estimate of drug-likeness (QED) is 0.520. The molecule has 0 spiro atoms. The van der Waals surface area contributed by atoms with Crippen LogP contribution in [0.15, 0.2) is 0 Å². The molecule has 52 valence electrons. The third-order valence-corrected chi connectivity index (χ3v) is 0.794. The summed E-state index contributed by atoms with van der Waals surface area (Å²) in [5, 5.41) is 0. The zero-order chi connectivity index (χ0) is 5.70. The van der Waals surface area contributed by atoms with Crippen molar-refractivity contribution < 1.29 is 18.1 Å². The Balaban J connectivity index is 0. The minimum Gasteiger partial charge on any atom is -0.412 e. The van der Waals surface area contributed by atoms with E-state index in [9.17, 15) is 8.42 Å². The molecule has 4 nitrogen and oxygen atoms in total. The Hall–Kier alpha value is -0.130. The van der Waals surface area contributed by atoms with Crippen molar-refractivity contribution in [2.45, 2.75) is 13.3 Å². The van der Waals surface area contributed by atoms with E-state index in [1.807, 2.05) is 6.92 Å². The van der Waals surface area contributed by atoms with Crippen molar-refractivity contribution in [3.63, 3.8) is 0 Å². The monoisotopic (exact) mass is 142 g/mol. The van der Waals surface area contributed by atoms with E-state index in [1.54, 1.807) is 0 Å². The molecule has 0 atom stereocenters. The van der Waals surface area contributed by atoms with E-state index in [0.29, 0.717) is 6.61 Å². The molecule has 5 heteroatoms. The summed E-state index contributed by atoms with van der Waals surface area (Å²) in [5.74, 6) is 0. The van der Waals surface area contributed by atoms with Crippen molar-refractivity contribution in [1.29, 1.82) is 0 Å². The van der Waals surface area contributed by atoms with E-state index in [0.717, 1.165) is 6.42 Å². The molecule has 0 aromatic rings. The van der Waals surface area contributed by atoms with Crippen LogP contribution in [-0.2, 0) is 15.2 Å². The van der Waals surface area contributed by atoms with Crippen LogP contribution in [0, 0.1) is 0 Å². The first-order valence-electron chi connectivity index (χ1n) is 2.04. The smallest absolute Gasteiger partial charge is 0.257 e. The molecule has 0 aromatic heterocycles. The van der Waals surface area contributed by atoms with Gasteiger partial charge in [-0.15, -0.1) is 0 Å². The van der Waals surface area contributed by atoms with E-state index in [1.165, 1.54) is 0 Å². The fourth-order valence-electron chi connectivity index (χ4n) is 0.166. The van der Waals surface area contributed by atoms with Gasteiger partial charge in [-0.3, -0.25) is 4.18 Å². The summed E-state index contributed by atoms with van der Waals surface area (Å²) < 4.78 is 23.3. The summed E-state index contributed by atoms with van der Waals surface area (Å²) in [7, 11) is -2.61. The van der Waals surface area contributed by atoms with Crippen molar-refractivity contribution in [2.24, 2.45) is 0 Å². The average Bonchev–Trinajstić information content (AvgIpc) is 1.61. The molecule has 0 aliphatic rings. The molecule has 0 amide bonds. The third kappa shape index (κ3) is 9.30. The first-order valence-corrected chi connectivity index (χ1v) is 3.14. The van der Waals surface area contributed by atoms with Gasteiger partial charge in [0.25, 0.3) is 11.0 Å². The zero-order valence-electron chi connectivity index (χ0n) is 4.59. The van der Waals surface area contributed by atoms with E-state index >= 15 is 0 Å². The average molecular weight is 142 g/mol. The highest BCUT2D eigenvalue weighted by Crippen LogP contribution is 1.76. The Labute approximate surface area is 49.9 Å². The van der Waals surface area contributed by atoms with Crippen LogP contribution in [0.5, 0.6) is 0 Å². The lowest BCUT2D eigenvalue weighted by molar-refractivity contribution is 0.333. The highest BCUT2D eigenvalue weighted by molar-refractivity contribution is 7.67. The molecule has 0 rings (SSSR count). The molecule has 0 radical (unpaired) electrons. The van der Waals surface area contributed by atoms with Crippen molar-refractivity contribution in [3.8, 4) is 0 Å². The van der Waals surface area contributed by atoms with Gasteiger partial charge in [0, 0.05) is 0 Å². The Morgan fingerprint density at radius 2 is 2.00 bits per heavy atom. The first-order chi connectivity index (χ1) is 3.27. The fourth-order valence-corrected chi connectivity index (χ4v) is 0.497. The standard InChI is InChI=1S/C3H8O3S.H2O/c1-2-3-6-7(4)5;/h7H,2-3H2,1H3;1H2. The van der Waals surface area contributed by atoms with Gasteiger partial charge in [-0.1, -0.05) is 6.92 Å². The van der Waals surface area contributed by atoms with Crippen LogP contribution in [0.4, 0.5) is 0 Å². The van der Waals surface area contributed by atoms with Crippen molar-refractivity contribution in [3.05, 3.63) is 0 Å². The number of hydrogen-bond acceptors (Lipinski definition) is 3. The normalized spacial score (nSPS) is 8.75. The summed E-state index contributed by atoms with van der Waals surface area (Å²) in [6, 6.07) is 0. The lowest BCUT2D eigenvalue weighted by atomic mass is 10.5. The maximum absolute atomic E-state index is 9.57. The Morgan fingerprint density at radius 3 is 2.12 bits per heavy atom. The first kappa shape index (κ1) is 10.8. The van der Waals surface area contributed by atoms with Crippen molar-refractivity contribution in [1.82, 2.24) is 0 Å². The lowest BCUT2D eigenvalue weighted by Gasteiger charge is -1.84. The second-order valence-corrected chi connectivity index (χ2v) is 1.76. The van der Waals surface area contributed by atoms with Crippen LogP contribution in [0.2, 0.25) is 0 Å². The number of thiol groups is 1. The molecule has 0 aliphatic carbocycles. The van der Waals surface area contributed by atoms with Crippen molar-refractivity contribution in [2.75, 3.05) is 6.61 Å². The Morgan fingerprint density at radius 1 is 1.50 bits per heavy atom. The third-order valence-electron chi connectivity index (χ3n) is 0.401. The van der Waals surface area contributed by atoms with Gasteiger partial charge in [-0.25, -0.2) is 8.42 Å². The molecule has 0 aliphatic heterocycles. The molecular formula is C3H10O4S. The second kappa shape index (κ2) is 6.87. The van der Waals surface area contributed by atoms with Crippen LogP contribution < -0.4 is 0 Å². The molecule has 2 N–H and O–H groups in total. The van der Waals surface area contributed by atoms with E-state index in [-0.39, 0.29) is 5.48 Å². The Bertz CT molecular complexity index is 89.5. The zero-order valence-corrected chi connectivity index (χ0v) is 5.48. The van der Waals surface area contributed by atoms with E-state index in [4.69, 9.17) is 0 Å². The minimum atomic E-state index is -2.61. The minimum absolute atomic E-state index is 0. The van der Waals surface area contributed by atoms with Crippen LogP contribution in [-0.4, -0.2) is 20.5 Å². The maximum atomic E-state index is 9.57. The van der Waals surface area contributed by atoms with Gasteiger partial charge < -0.3 is 5.48 Å². The predicted molar refractivity (Wildman–Crippen MR) is 30.2 cm³/mol.